The minimum Gasteiger partial charge on any atom is -0.460 e. The average molecular weight is 372 g/mol. The summed E-state index contributed by atoms with van der Waals surface area (Å²) in [6, 6.07) is 9.74. The standard InChI is InChI=1S/C17H16N4O4S/c1-21-17-13(9-19-21)12(8-16(22)20-17)15-7-6-14(25-15)10-2-4-11(5-3-10)26(18,23)24/h2-7,9,12H,8H2,1H3,(H,20,22)(H2,18,23,24)/t12-/m0/s1. The van der Waals surface area contributed by atoms with Gasteiger partial charge in [0.15, 0.2) is 0 Å². The number of hydrogen-bond donors (Lipinski definition) is 2. The number of amides is 1. The van der Waals surface area contributed by atoms with Crippen molar-refractivity contribution in [3.8, 4) is 11.3 Å². The maximum Gasteiger partial charge on any atom is 0.238 e. The molecule has 1 aliphatic rings. The lowest BCUT2D eigenvalue weighted by Crippen LogP contribution is -2.24. The molecule has 0 unspecified atom stereocenters. The summed E-state index contributed by atoms with van der Waals surface area (Å²) in [5.74, 6) is 1.59. The molecule has 0 fully saturated rings. The summed E-state index contributed by atoms with van der Waals surface area (Å²) >= 11 is 0. The van der Waals surface area contributed by atoms with Crippen LogP contribution in [0.2, 0.25) is 0 Å². The van der Waals surface area contributed by atoms with Crippen molar-refractivity contribution in [2.45, 2.75) is 17.2 Å². The molecule has 3 aromatic rings. The van der Waals surface area contributed by atoms with Crippen molar-refractivity contribution >= 4 is 21.7 Å². The number of benzene rings is 1. The Morgan fingerprint density at radius 1 is 1.23 bits per heavy atom. The molecule has 3 N–H and O–H groups in total. The number of anilines is 1. The van der Waals surface area contributed by atoms with Gasteiger partial charge in [-0.2, -0.15) is 5.10 Å². The Hall–Kier alpha value is -2.91. The zero-order valence-corrected chi connectivity index (χ0v) is 14.7. The quantitative estimate of drug-likeness (QED) is 0.726. The summed E-state index contributed by atoms with van der Waals surface area (Å²) in [5.41, 5.74) is 1.62. The topological polar surface area (TPSA) is 120 Å². The smallest absolute Gasteiger partial charge is 0.238 e. The number of rotatable bonds is 3. The van der Waals surface area contributed by atoms with E-state index < -0.39 is 10.0 Å². The van der Waals surface area contributed by atoms with Crippen LogP contribution in [0.5, 0.6) is 0 Å². The molecule has 1 aromatic carbocycles. The number of furan rings is 1. The molecule has 1 atom stereocenters. The van der Waals surface area contributed by atoms with Crippen LogP contribution in [0.3, 0.4) is 0 Å². The highest BCUT2D eigenvalue weighted by atomic mass is 32.2. The molecule has 134 valence electrons. The third-order valence-electron chi connectivity index (χ3n) is 4.43. The highest BCUT2D eigenvalue weighted by molar-refractivity contribution is 7.89. The van der Waals surface area contributed by atoms with Gasteiger partial charge in [-0.1, -0.05) is 0 Å². The van der Waals surface area contributed by atoms with Crippen LogP contribution in [-0.4, -0.2) is 24.1 Å². The van der Waals surface area contributed by atoms with Gasteiger partial charge >= 0.3 is 0 Å². The van der Waals surface area contributed by atoms with Gasteiger partial charge in [-0.15, -0.1) is 0 Å². The summed E-state index contributed by atoms with van der Waals surface area (Å²) in [5, 5.41) is 12.1. The van der Waals surface area contributed by atoms with Gasteiger partial charge in [-0.25, -0.2) is 13.6 Å². The van der Waals surface area contributed by atoms with Crippen molar-refractivity contribution in [2.24, 2.45) is 12.2 Å². The van der Waals surface area contributed by atoms with E-state index in [0.29, 0.717) is 17.3 Å². The Balaban J connectivity index is 1.68. The van der Waals surface area contributed by atoms with Crippen LogP contribution in [-0.2, 0) is 21.9 Å². The first-order valence-corrected chi connectivity index (χ1v) is 9.42. The number of carbonyl (C=O) groups is 1. The molecule has 1 amide bonds. The van der Waals surface area contributed by atoms with Gasteiger partial charge in [-0.3, -0.25) is 9.48 Å². The van der Waals surface area contributed by atoms with Crippen LogP contribution >= 0.6 is 0 Å². The van der Waals surface area contributed by atoms with E-state index in [-0.39, 0.29) is 23.1 Å². The fourth-order valence-corrected chi connectivity index (χ4v) is 3.61. The predicted octanol–water partition coefficient (Wildman–Crippen LogP) is 1.80. The maximum absolute atomic E-state index is 12.0. The molecule has 9 heteroatoms. The minimum absolute atomic E-state index is 0.0389. The molecule has 0 radical (unpaired) electrons. The molecule has 4 rings (SSSR count). The number of nitrogens with one attached hydrogen (secondary N) is 1. The van der Waals surface area contributed by atoms with Crippen LogP contribution in [0.25, 0.3) is 11.3 Å². The lowest BCUT2D eigenvalue weighted by Gasteiger charge is -2.21. The summed E-state index contributed by atoms with van der Waals surface area (Å²) in [6.07, 6.45) is 2.00. The Morgan fingerprint density at radius 3 is 2.65 bits per heavy atom. The Kier molecular flexibility index (Phi) is 3.70. The van der Waals surface area contributed by atoms with Crippen molar-refractivity contribution in [1.82, 2.24) is 9.78 Å². The van der Waals surface area contributed by atoms with Gasteiger partial charge in [0.2, 0.25) is 15.9 Å². The molecule has 8 nitrogen and oxygen atoms in total. The van der Waals surface area contributed by atoms with Gasteiger partial charge in [-0.05, 0) is 36.4 Å². The zero-order valence-electron chi connectivity index (χ0n) is 13.8. The molecule has 0 saturated carbocycles. The first-order chi connectivity index (χ1) is 12.3. The fraction of sp³-hybridized carbons (Fsp3) is 0.176. The average Bonchev–Trinajstić information content (AvgIpc) is 3.22. The summed E-state index contributed by atoms with van der Waals surface area (Å²) in [6.45, 7) is 0. The lowest BCUT2D eigenvalue weighted by molar-refractivity contribution is -0.116. The van der Waals surface area contributed by atoms with Crippen LogP contribution < -0.4 is 10.5 Å². The molecule has 0 bridgehead atoms. The Bertz CT molecular complexity index is 1100. The van der Waals surface area contributed by atoms with Crippen LogP contribution in [0, 0.1) is 0 Å². The molecule has 26 heavy (non-hydrogen) atoms. The molecule has 1 aliphatic heterocycles. The molecule has 3 heterocycles. The molecule has 0 aliphatic carbocycles. The van der Waals surface area contributed by atoms with Crippen molar-refractivity contribution in [3.63, 3.8) is 0 Å². The van der Waals surface area contributed by atoms with Crippen LogP contribution in [0.1, 0.15) is 23.7 Å². The minimum atomic E-state index is -3.74. The number of aryl methyl sites for hydroxylation is 1. The fourth-order valence-electron chi connectivity index (χ4n) is 3.10. The second kappa shape index (κ2) is 5.82. The van der Waals surface area contributed by atoms with Gasteiger partial charge < -0.3 is 9.73 Å². The van der Waals surface area contributed by atoms with E-state index in [2.05, 4.69) is 10.4 Å². The third kappa shape index (κ3) is 2.80. The third-order valence-corrected chi connectivity index (χ3v) is 5.36. The first kappa shape index (κ1) is 16.6. The molecule has 0 spiro atoms. The Labute approximate surface area is 149 Å². The molecular formula is C17H16N4O4S. The zero-order chi connectivity index (χ0) is 18.5. The molecular weight excluding hydrogens is 356 g/mol. The number of nitrogens with zero attached hydrogens (tertiary/aromatic N) is 2. The molecule has 0 saturated heterocycles. The van der Waals surface area contributed by atoms with E-state index in [4.69, 9.17) is 9.56 Å². The van der Waals surface area contributed by atoms with Gasteiger partial charge in [0, 0.05) is 24.6 Å². The van der Waals surface area contributed by atoms with E-state index in [1.165, 1.54) is 12.1 Å². The predicted molar refractivity (Wildman–Crippen MR) is 93.8 cm³/mol. The van der Waals surface area contributed by atoms with Gasteiger partial charge in [0.05, 0.1) is 17.0 Å². The molecule has 2 aromatic heterocycles. The number of nitrogens with two attached hydrogens (primary N) is 1. The van der Waals surface area contributed by atoms with Crippen molar-refractivity contribution in [2.75, 3.05) is 5.32 Å². The summed E-state index contributed by atoms with van der Waals surface area (Å²) < 4.78 is 30.3. The Morgan fingerprint density at radius 2 is 1.96 bits per heavy atom. The van der Waals surface area contributed by atoms with Gasteiger partial charge in [0.25, 0.3) is 0 Å². The normalized spacial score (nSPS) is 17.0. The number of primary sulfonamides is 1. The number of sulfonamides is 1. The van der Waals surface area contributed by atoms with Crippen molar-refractivity contribution in [1.29, 1.82) is 0 Å². The van der Waals surface area contributed by atoms with E-state index in [1.54, 1.807) is 36.1 Å². The maximum atomic E-state index is 12.0. The lowest BCUT2D eigenvalue weighted by atomic mass is 9.92. The summed E-state index contributed by atoms with van der Waals surface area (Å²) in [7, 11) is -1.97. The number of fused-ring (bicyclic) bond motifs is 1. The first-order valence-electron chi connectivity index (χ1n) is 7.87. The largest absolute Gasteiger partial charge is 0.460 e. The van der Waals surface area contributed by atoms with Crippen molar-refractivity contribution < 1.29 is 17.6 Å². The SMILES string of the molecule is Cn1ncc2c1NC(=O)C[C@@H]2c1ccc(-c2ccc(S(N)(=O)=O)cc2)o1. The highest BCUT2D eigenvalue weighted by Crippen LogP contribution is 2.38. The summed E-state index contributed by atoms with van der Waals surface area (Å²) in [4.78, 5) is 12.0. The van der Waals surface area contributed by atoms with E-state index >= 15 is 0 Å². The second-order valence-corrected chi connectivity index (χ2v) is 7.71. The van der Waals surface area contributed by atoms with Crippen LogP contribution in [0.4, 0.5) is 5.82 Å². The number of aromatic nitrogens is 2. The highest BCUT2D eigenvalue weighted by Gasteiger charge is 2.31. The van der Waals surface area contributed by atoms with Gasteiger partial charge in [0.1, 0.15) is 17.3 Å². The van der Waals surface area contributed by atoms with Crippen molar-refractivity contribution in [3.05, 3.63) is 53.9 Å². The van der Waals surface area contributed by atoms with E-state index in [0.717, 1.165) is 11.1 Å². The monoisotopic (exact) mass is 372 g/mol. The van der Waals surface area contributed by atoms with Crippen LogP contribution in [0.15, 0.2) is 51.9 Å². The number of carbonyl (C=O) groups excluding carboxylic acids is 1. The van der Waals surface area contributed by atoms with E-state index in [9.17, 15) is 13.2 Å². The second-order valence-electron chi connectivity index (χ2n) is 6.15. The number of hydrogen-bond acceptors (Lipinski definition) is 5. The van der Waals surface area contributed by atoms with E-state index in [1.807, 2.05) is 6.07 Å².